The highest BCUT2D eigenvalue weighted by Gasteiger charge is 2.25. The summed E-state index contributed by atoms with van der Waals surface area (Å²) in [5.74, 6) is 0. The molecule has 0 atom stereocenters. The number of hydrogen-bond acceptors (Lipinski definition) is 1. The quantitative estimate of drug-likeness (QED) is 0.591. The minimum atomic E-state index is -4.88. The van der Waals surface area contributed by atoms with Crippen molar-refractivity contribution in [1.82, 2.24) is 4.98 Å². The van der Waals surface area contributed by atoms with Crippen molar-refractivity contribution in [3.05, 3.63) is 23.5 Å². The molecule has 1 nitrogen and oxygen atoms in total. The highest BCUT2D eigenvalue weighted by molar-refractivity contribution is 6.73. The zero-order chi connectivity index (χ0) is 9.35. The van der Waals surface area contributed by atoms with E-state index in [-0.39, 0.29) is 0 Å². The number of hydrogen-bond donors (Lipinski definition) is 0. The molecule has 0 amide bonds. The summed E-state index contributed by atoms with van der Waals surface area (Å²) in [5.41, 5.74) is 0.244. The third-order valence-corrected chi connectivity index (χ3v) is 1.48. The Hall–Kier alpha value is -0.995. The van der Waals surface area contributed by atoms with E-state index in [4.69, 9.17) is 0 Å². The minimum absolute atomic E-state index is 0.407. The Labute approximate surface area is 68.7 Å². The molecule has 1 aromatic heterocycles. The van der Waals surface area contributed by atoms with Crippen molar-refractivity contribution in [2.75, 3.05) is 0 Å². The van der Waals surface area contributed by atoms with Gasteiger partial charge < -0.3 is 12.9 Å². The first-order valence-corrected chi connectivity index (χ1v) is 3.55. The maximum Gasteiger partial charge on any atom is 0.509 e. The third-order valence-electron chi connectivity index (χ3n) is 1.48. The number of aromatic nitrogens is 1. The predicted molar refractivity (Wildman–Crippen MR) is 42.4 cm³/mol. The summed E-state index contributed by atoms with van der Waals surface area (Å²) >= 11 is 0. The van der Waals surface area contributed by atoms with E-state index in [1.807, 2.05) is 0 Å². The van der Waals surface area contributed by atoms with Crippen LogP contribution in [0.4, 0.5) is 12.9 Å². The Morgan fingerprint density at radius 2 is 1.50 bits per heavy atom. The van der Waals surface area contributed by atoms with E-state index in [9.17, 15) is 12.9 Å². The number of rotatable bonds is 1. The Kier molecular flexibility index (Phi) is 2.13. The summed E-state index contributed by atoms with van der Waals surface area (Å²) in [6, 6.07) is 2.12. The molecule has 66 valence electrons. The molecule has 12 heavy (non-hydrogen) atoms. The van der Waals surface area contributed by atoms with Crippen molar-refractivity contribution in [2.24, 2.45) is 0 Å². The topological polar surface area (TPSA) is 12.9 Å². The largest absolute Gasteiger partial charge is 0.509 e. The first-order chi connectivity index (χ1) is 5.39. The lowest BCUT2D eigenvalue weighted by atomic mass is 9.80. The minimum Gasteiger partial charge on any atom is -0.445 e. The fraction of sp³-hybridized carbons (Fsp3) is 0.286. The molecule has 0 bridgehead atoms. The fourth-order valence-corrected chi connectivity index (χ4v) is 1.06. The van der Waals surface area contributed by atoms with Crippen LogP contribution in [0, 0.1) is 13.8 Å². The van der Waals surface area contributed by atoms with Gasteiger partial charge in [0, 0.05) is 11.4 Å². The molecule has 0 fully saturated rings. The second kappa shape index (κ2) is 2.81. The highest BCUT2D eigenvalue weighted by Crippen LogP contribution is 2.09. The van der Waals surface area contributed by atoms with Gasteiger partial charge in [0.2, 0.25) is 0 Å². The molecular formula is C7H8BF3N-. The van der Waals surface area contributed by atoms with Crippen LogP contribution in [-0.2, 0) is 0 Å². The van der Waals surface area contributed by atoms with Crippen molar-refractivity contribution in [3.63, 3.8) is 0 Å². The molecule has 1 aromatic rings. The summed E-state index contributed by atoms with van der Waals surface area (Å²) in [5, 5.41) is 0. The van der Waals surface area contributed by atoms with Crippen molar-refractivity contribution < 1.29 is 12.9 Å². The third kappa shape index (κ3) is 2.00. The summed E-state index contributed by atoms with van der Waals surface area (Å²) in [6.07, 6.45) is 0. The lowest BCUT2D eigenvalue weighted by Crippen LogP contribution is -2.34. The lowest BCUT2D eigenvalue weighted by molar-refractivity contribution is 0.500. The Morgan fingerprint density at radius 3 is 1.83 bits per heavy atom. The second-order valence-corrected chi connectivity index (χ2v) is 2.76. The first kappa shape index (κ1) is 9.10. The van der Waals surface area contributed by atoms with Crippen LogP contribution in [0.5, 0.6) is 0 Å². The van der Waals surface area contributed by atoms with Gasteiger partial charge in [0.05, 0.1) is 0 Å². The molecule has 0 N–H and O–H groups in total. The van der Waals surface area contributed by atoms with Gasteiger partial charge >= 0.3 is 6.98 Å². The molecule has 1 heterocycles. The molecule has 1 rings (SSSR count). The van der Waals surface area contributed by atoms with Crippen LogP contribution in [0.2, 0.25) is 0 Å². The van der Waals surface area contributed by atoms with E-state index < -0.39 is 12.4 Å². The van der Waals surface area contributed by atoms with Crippen LogP contribution in [0.3, 0.4) is 0 Å². The van der Waals surface area contributed by atoms with E-state index in [1.54, 1.807) is 13.8 Å². The molecule has 0 aliphatic heterocycles. The molecule has 0 radical (unpaired) electrons. The number of nitrogens with zero attached hydrogens (tertiary/aromatic N) is 1. The molecule has 0 aliphatic carbocycles. The Morgan fingerprint density at radius 1 is 1.08 bits per heavy atom. The molecule has 0 aromatic carbocycles. The molecule has 0 saturated heterocycles. The molecule has 5 heteroatoms. The van der Waals surface area contributed by atoms with E-state index >= 15 is 0 Å². The van der Waals surface area contributed by atoms with Crippen LogP contribution in [0.25, 0.3) is 0 Å². The van der Waals surface area contributed by atoms with Gasteiger partial charge in [-0.15, -0.1) is 5.46 Å². The van der Waals surface area contributed by atoms with E-state index in [1.165, 1.54) is 0 Å². The Bertz CT molecular complexity index is 275. The zero-order valence-electron chi connectivity index (χ0n) is 6.81. The molecule has 0 spiro atoms. The number of aryl methyl sites for hydroxylation is 2. The smallest absolute Gasteiger partial charge is 0.445 e. The second-order valence-electron chi connectivity index (χ2n) is 2.76. The van der Waals surface area contributed by atoms with Gasteiger partial charge in [0.25, 0.3) is 0 Å². The molecule has 0 saturated carbocycles. The number of halogens is 3. The molecule has 0 unspecified atom stereocenters. The molecule has 0 aliphatic rings. The van der Waals surface area contributed by atoms with E-state index in [0.717, 1.165) is 12.1 Å². The van der Waals surface area contributed by atoms with Crippen molar-refractivity contribution in [2.45, 2.75) is 13.8 Å². The van der Waals surface area contributed by atoms with Gasteiger partial charge in [-0.25, -0.2) is 0 Å². The Balaban J connectivity index is 3.18. The van der Waals surface area contributed by atoms with Crippen LogP contribution in [0.1, 0.15) is 11.4 Å². The van der Waals surface area contributed by atoms with Gasteiger partial charge in [0.1, 0.15) is 0 Å². The van der Waals surface area contributed by atoms with Crippen LogP contribution < -0.4 is 5.46 Å². The summed E-state index contributed by atoms with van der Waals surface area (Å²) in [7, 11) is 0. The maximum atomic E-state index is 12.2. The van der Waals surface area contributed by atoms with Gasteiger partial charge in [-0.1, -0.05) is 12.1 Å². The standard InChI is InChI=1S/C7H8BF3N/c1-5-3-7(8(9,10)11)4-6(2)12-5/h3-4H,1-2H3/q-1. The monoisotopic (exact) mass is 174 g/mol. The van der Waals surface area contributed by atoms with Gasteiger partial charge in [-0.05, 0) is 13.8 Å². The molecular weight excluding hydrogens is 166 g/mol. The average Bonchev–Trinajstić information content (AvgIpc) is 1.82. The summed E-state index contributed by atoms with van der Waals surface area (Å²) in [4.78, 5) is 3.86. The number of pyridine rings is 1. The maximum absolute atomic E-state index is 12.2. The van der Waals surface area contributed by atoms with Crippen molar-refractivity contribution >= 4 is 12.4 Å². The van der Waals surface area contributed by atoms with Crippen LogP contribution >= 0.6 is 0 Å². The van der Waals surface area contributed by atoms with Gasteiger partial charge in [-0.2, -0.15) is 0 Å². The van der Waals surface area contributed by atoms with Crippen molar-refractivity contribution in [3.8, 4) is 0 Å². The van der Waals surface area contributed by atoms with E-state index in [0.29, 0.717) is 11.4 Å². The summed E-state index contributed by atoms with van der Waals surface area (Å²) in [6.45, 7) is -1.77. The normalized spacial score (nSPS) is 11.8. The highest BCUT2D eigenvalue weighted by atomic mass is 19.4. The lowest BCUT2D eigenvalue weighted by Gasteiger charge is -2.15. The van der Waals surface area contributed by atoms with Crippen LogP contribution in [0.15, 0.2) is 12.1 Å². The van der Waals surface area contributed by atoms with Crippen LogP contribution in [-0.4, -0.2) is 12.0 Å². The van der Waals surface area contributed by atoms with Gasteiger partial charge in [0.15, 0.2) is 0 Å². The predicted octanol–water partition coefficient (Wildman–Crippen LogP) is 1.75. The SMILES string of the molecule is Cc1cc([B-](F)(F)F)cc(C)n1. The summed E-state index contributed by atoms with van der Waals surface area (Å²) < 4.78 is 36.5. The van der Waals surface area contributed by atoms with E-state index in [2.05, 4.69) is 4.98 Å². The average molecular weight is 174 g/mol. The van der Waals surface area contributed by atoms with Gasteiger partial charge in [-0.3, -0.25) is 4.98 Å². The zero-order valence-corrected chi connectivity index (χ0v) is 6.81. The fourth-order valence-electron chi connectivity index (χ4n) is 1.06. The van der Waals surface area contributed by atoms with Crippen molar-refractivity contribution in [1.29, 1.82) is 0 Å². The first-order valence-electron chi connectivity index (χ1n) is 3.55.